The van der Waals surface area contributed by atoms with Crippen LogP contribution in [0.25, 0.3) is 5.65 Å². The Hall–Kier alpha value is -2.69. The van der Waals surface area contributed by atoms with Crippen molar-refractivity contribution in [2.24, 2.45) is 0 Å². The smallest absolute Gasteiger partial charge is 0.259 e. The number of aryl methyl sites for hydroxylation is 1. The molecule has 20 heavy (non-hydrogen) atoms. The molecule has 0 spiro atoms. The average molecular weight is 266 g/mol. The zero-order chi connectivity index (χ0) is 14.1. The zero-order valence-electron chi connectivity index (χ0n) is 11.3. The van der Waals surface area contributed by atoms with Crippen molar-refractivity contribution in [3.8, 4) is 0 Å². The standard InChI is InChI=1S/C15H14N4O/c1-11-6-8-19-14(9-11)17-13(10-15(19)20)18(2)12-5-3-4-7-16-12/h3-10H,1-2H3. The molecule has 3 rings (SSSR count). The normalized spacial score (nSPS) is 10.7. The second-order valence-electron chi connectivity index (χ2n) is 4.63. The van der Waals surface area contributed by atoms with Crippen LogP contribution in [0.5, 0.6) is 0 Å². The van der Waals surface area contributed by atoms with E-state index in [1.165, 1.54) is 10.5 Å². The summed E-state index contributed by atoms with van der Waals surface area (Å²) < 4.78 is 1.53. The maximum Gasteiger partial charge on any atom is 0.259 e. The second kappa shape index (κ2) is 4.77. The van der Waals surface area contributed by atoms with Gasteiger partial charge in [-0.2, -0.15) is 0 Å². The van der Waals surface area contributed by atoms with Crippen LogP contribution in [-0.2, 0) is 0 Å². The number of rotatable bonds is 2. The molecule has 0 amide bonds. The van der Waals surface area contributed by atoms with Crippen molar-refractivity contribution < 1.29 is 0 Å². The molecule has 0 saturated carbocycles. The van der Waals surface area contributed by atoms with Crippen molar-refractivity contribution >= 4 is 17.3 Å². The minimum absolute atomic E-state index is 0.104. The number of anilines is 2. The largest absolute Gasteiger partial charge is 0.314 e. The predicted octanol–water partition coefficient (Wildman–Crippen LogP) is 2.17. The van der Waals surface area contributed by atoms with Crippen LogP contribution in [0.4, 0.5) is 11.6 Å². The van der Waals surface area contributed by atoms with Gasteiger partial charge in [0.15, 0.2) is 0 Å². The molecule has 0 aliphatic rings. The third-order valence-corrected chi connectivity index (χ3v) is 3.15. The van der Waals surface area contributed by atoms with Gasteiger partial charge in [-0.1, -0.05) is 6.07 Å². The minimum Gasteiger partial charge on any atom is -0.314 e. The first-order valence-electron chi connectivity index (χ1n) is 6.30. The van der Waals surface area contributed by atoms with E-state index < -0.39 is 0 Å². The predicted molar refractivity (Wildman–Crippen MR) is 78.5 cm³/mol. The molecule has 3 aromatic rings. The lowest BCUT2D eigenvalue weighted by Crippen LogP contribution is -2.20. The number of pyridine rings is 2. The molecule has 3 aromatic heterocycles. The number of aromatic nitrogens is 3. The first-order chi connectivity index (χ1) is 9.65. The van der Waals surface area contributed by atoms with Gasteiger partial charge in [-0.25, -0.2) is 9.97 Å². The summed E-state index contributed by atoms with van der Waals surface area (Å²) in [4.78, 5) is 22.7. The van der Waals surface area contributed by atoms with Crippen LogP contribution < -0.4 is 10.5 Å². The molecular weight excluding hydrogens is 252 g/mol. The van der Waals surface area contributed by atoms with Gasteiger partial charge in [0.1, 0.15) is 17.3 Å². The van der Waals surface area contributed by atoms with E-state index in [0.29, 0.717) is 11.5 Å². The van der Waals surface area contributed by atoms with Crippen LogP contribution in [0.1, 0.15) is 5.56 Å². The van der Waals surface area contributed by atoms with Gasteiger partial charge in [0.25, 0.3) is 5.56 Å². The van der Waals surface area contributed by atoms with Crippen molar-refractivity contribution in [3.05, 3.63) is 64.7 Å². The second-order valence-corrected chi connectivity index (χ2v) is 4.63. The Kier molecular flexibility index (Phi) is 2.95. The topological polar surface area (TPSA) is 50.5 Å². The Morgan fingerprint density at radius 3 is 2.75 bits per heavy atom. The van der Waals surface area contributed by atoms with Gasteiger partial charge in [0, 0.05) is 25.5 Å². The first-order valence-corrected chi connectivity index (χ1v) is 6.30. The van der Waals surface area contributed by atoms with Crippen LogP contribution in [-0.4, -0.2) is 21.4 Å². The molecule has 5 heteroatoms. The number of hydrogen-bond acceptors (Lipinski definition) is 4. The Bertz CT molecular complexity index is 811. The summed E-state index contributed by atoms with van der Waals surface area (Å²) in [6, 6.07) is 10.9. The molecule has 0 atom stereocenters. The Morgan fingerprint density at radius 2 is 2.00 bits per heavy atom. The molecule has 0 aromatic carbocycles. The number of nitrogens with zero attached hydrogens (tertiary/aromatic N) is 4. The van der Waals surface area contributed by atoms with E-state index >= 15 is 0 Å². The summed E-state index contributed by atoms with van der Waals surface area (Å²) in [6.45, 7) is 1.97. The van der Waals surface area contributed by atoms with E-state index in [9.17, 15) is 4.79 Å². The van der Waals surface area contributed by atoms with Crippen LogP contribution in [0.15, 0.2) is 53.6 Å². The van der Waals surface area contributed by atoms with Gasteiger partial charge in [0.05, 0.1) is 0 Å². The molecule has 0 unspecified atom stereocenters. The van der Waals surface area contributed by atoms with Crippen molar-refractivity contribution in [1.29, 1.82) is 0 Å². The molecule has 0 saturated heterocycles. The Morgan fingerprint density at radius 1 is 1.15 bits per heavy atom. The van der Waals surface area contributed by atoms with E-state index in [4.69, 9.17) is 0 Å². The monoisotopic (exact) mass is 266 g/mol. The van der Waals surface area contributed by atoms with Gasteiger partial charge in [0.2, 0.25) is 0 Å². The maximum absolute atomic E-state index is 12.1. The van der Waals surface area contributed by atoms with Crippen LogP contribution >= 0.6 is 0 Å². The highest BCUT2D eigenvalue weighted by atomic mass is 16.1. The fourth-order valence-corrected chi connectivity index (χ4v) is 2.03. The molecular formula is C15H14N4O. The Balaban J connectivity index is 2.15. The molecule has 5 nitrogen and oxygen atoms in total. The van der Waals surface area contributed by atoms with Crippen molar-refractivity contribution in [2.75, 3.05) is 11.9 Å². The summed E-state index contributed by atoms with van der Waals surface area (Å²) >= 11 is 0. The molecule has 0 aliphatic heterocycles. The number of hydrogen-bond donors (Lipinski definition) is 0. The lowest BCUT2D eigenvalue weighted by Gasteiger charge is -2.17. The van der Waals surface area contributed by atoms with E-state index in [0.717, 1.165) is 11.4 Å². The van der Waals surface area contributed by atoms with E-state index in [1.807, 2.05) is 44.3 Å². The lowest BCUT2D eigenvalue weighted by atomic mass is 10.3. The first kappa shape index (κ1) is 12.3. The summed E-state index contributed by atoms with van der Waals surface area (Å²) in [7, 11) is 1.84. The van der Waals surface area contributed by atoms with E-state index in [2.05, 4.69) is 9.97 Å². The highest BCUT2D eigenvalue weighted by molar-refractivity contribution is 5.57. The highest BCUT2D eigenvalue weighted by Crippen LogP contribution is 2.18. The van der Waals surface area contributed by atoms with E-state index in [1.54, 1.807) is 17.3 Å². The van der Waals surface area contributed by atoms with Crippen LogP contribution in [0.3, 0.4) is 0 Å². The summed E-state index contributed by atoms with van der Waals surface area (Å²) in [5.41, 5.74) is 1.60. The van der Waals surface area contributed by atoms with Gasteiger partial charge in [-0.3, -0.25) is 9.20 Å². The van der Waals surface area contributed by atoms with Crippen molar-refractivity contribution in [1.82, 2.24) is 14.4 Å². The molecule has 100 valence electrons. The summed E-state index contributed by atoms with van der Waals surface area (Å²) in [5, 5.41) is 0. The fourth-order valence-electron chi connectivity index (χ4n) is 2.03. The molecule has 0 bridgehead atoms. The highest BCUT2D eigenvalue weighted by Gasteiger charge is 2.09. The lowest BCUT2D eigenvalue weighted by molar-refractivity contribution is 1.00. The van der Waals surface area contributed by atoms with Crippen LogP contribution in [0, 0.1) is 6.92 Å². The maximum atomic E-state index is 12.1. The van der Waals surface area contributed by atoms with Gasteiger partial charge < -0.3 is 4.90 Å². The van der Waals surface area contributed by atoms with Gasteiger partial charge >= 0.3 is 0 Å². The molecule has 0 N–H and O–H groups in total. The van der Waals surface area contributed by atoms with Crippen LogP contribution in [0.2, 0.25) is 0 Å². The third-order valence-electron chi connectivity index (χ3n) is 3.15. The average Bonchev–Trinajstić information content (AvgIpc) is 2.46. The molecule has 3 heterocycles. The minimum atomic E-state index is -0.104. The van der Waals surface area contributed by atoms with Crippen molar-refractivity contribution in [3.63, 3.8) is 0 Å². The van der Waals surface area contributed by atoms with Gasteiger partial charge in [-0.15, -0.1) is 0 Å². The quantitative estimate of drug-likeness (QED) is 0.713. The Labute approximate surface area is 116 Å². The number of fused-ring (bicyclic) bond motifs is 1. The summed E-state index contributed by atoms with van der Waals surface area (Å²) in [6.07, 6.45) is 3.45. The SMILES string of the molecule is Cc1ccn2c(=O)cc(N(C)c3ccccn3)nc2c1. The third kappa shape index (κ3) is 2.14. The zero-order valence-corrected chi connectivity index (χ0v) is 11.3. The molecule has 0 fully saturated rings. The summed E-state index contributed by atoms with van der Waals surface area (Å²) in [5.74, 6) is 1.33. The van der Waals surface area contributed by atoms with Gasteiger partial charge in [-0.05, 0) is 36.8 Å². The fraction of sp³-hybridized carbons (Fsp3) is 0.133. The molecule has 0 radical (unpaired) electrons. The van der Waals surface area contributed by atoms with Crippen molar-refractivity contribution in [2.45, 2.75) is 6.92 Å². The van der Waals surface area contributed by atoms with E-state index in [-0.39, 0.29) is 5.56 Å². The molecule has 0 aliphatic carbocycles.